The summed E-state index contributed by atoms with van der Waals surface area (Å²) in [5.74, 6) is -2.11. The molecule has 0 radical (unpaired) electrons. The molecular formula is C26H55N4O14+. The van der Waals surface area contributed by atoms with Crippen LogP contribution < -0.4 is 22.1 Å². The highest BCUT2D eigenvalue weighted by atomic mass is 16.5. The van der Waals surface area contributed by atoms with E-state index in [0.717, 1.165) is 6.54 Å². The molecule has 0 saturated heterocycles. The Hall–Kier alpha value is -2.36. The lowest BCUT2D eigenvalue weighted by Gasteiger charge is -2.08. The van der Waals surface area contributed by atoms with Gasteiger partial charge in [0.25, 0.3) is 0 Å². The van der Waals surface area contributed by atoms with E-state index >= 15 is 0 Å². The maximum Gasteiger partial charge on any atom is 0.542 e. The minimum atomic E-state index is -1.05. The molecular weight excluding hydrogens is 592 g/mol. The van der Waals surface area contributed by atoms with E-state index < -0.39 is 11.9 Å². The molecule has 0 rings (SSSR count). The number of carbonyl (C=O) groups excluding carboxylic acids is 3. The largest absolute Gasteiger partial charge is 0.563 e. The first kappa shape index (κ1) is 46.1. The van der Waals surface area contributed by atoms with Gasteiger partial charge >= 0.3 is 11.9 Å². The van der Waals surface area contributed by atoms with E-state index in [1.807, 2.05) is 7.05 Å². The van der Waals surface area contributed by atoms with E-state index in [-0.39, 0.29) is 57.9 Å². The van der Waals surface area contributed by atoms with Gasteiger partial charge in [0.15, 0.2) is 5.78 Å². The lowest BCUT2D eigenvalue weighted by molar-refractivity contribution is -0.146. The van der Waals surface area contributed by atoms with Gasteiger partial charge in [-0.3, -0.25) is 9.59 Å². The molecule has 0 aliphatic rings. The van der Waals surface area contributed by atoms with Gasteiger partial charge in [0.2, 0.25) is 12.5 Å². The summed E-state index contributed by atoms with van der Waals surface area (Å²) >= 11 is 0. The number of Topliss-reactive ketones (excluding diaryl/α,β-unsaturated/α-hetero) is 1. The molecule has 0 spiro atoms. The molecule has 44 heavy (non-hydrogen) atoms. The Kier molecular flexibility index (Phi) is 42.5. The van der Waals surface area contributed by atoms with Crippen molar-refractivity contribution in [2.24, 2.45) is 11.5 Å². The number of nitrogens with one attached hydrogen (secondary N) is 2. The number of carboxylic acids is 1. The van der Waals surface area contributed by atoms with Crippen LogP contribution in [0.5, 0.6) is 0 Å². The summed E-state index contributed by atoms with van der Waals surface area (Å²) in [4.78, 5) is 41.8. The topological polar surface area (TPSA) is 261 Å². The third-order valence-corrected chi connectivity index (χ3v) is 4.07. The zero-order chi connectivity index (χ0) is 33.5. The molecule has 262 valence electrons. The summed E-state index contributed by atoms with van der Waals surface area (Å²) in [6, 6.07) is 0. The van der Waals surface area contributed by atoms with Crippen molar-refractivity contribution in [2.75, 3.05) is 139 Å². The van der Waals surface area contributed by atoms with Crippen LogP contribution in [-0.4, -0.2) is 173 Å². The van der Waals surface area contributed by atoms with Gasteiger partial charge in [0.05, 0.1) is 79.3 Å². The number of likely N-dealkylation sites (N-methyl/N-ethyl adjacent to an activating group) is 1. The second-order valence-corrected chi connectivity index (χ2v) is 8.21. The summed E-state index contributed by atoms with van der Waals surface area (Å²) in [6.45, 7) is 8.58. The van der Waals surface area contributed by atoms with E-state index in [4.69, 9.17) is 50.1 Å². The Morgan fingerprint density at radius 3 is 1.43 bits per heavy atom. The lowest BCUT2D eigenvalue weighted by atomic mass is 10.5. The molecule has 0 fully saturated rings. The normalized spacial score (nSPS) is 10.3. The predicted molar refractivity (Wildman–Crippen MR) is 159 cm³/mol. The number of amides is 1. The molecule has 0 atom stereocenters. The van der Waals surface area contributed by atoms with Crippen LogP contribution in [0.2, 0.25) is 0 Å². The quantitative estimate of drug-likeness (QED) is 0.0371. The van der Waals surface area contributed by atoms with Crippen molar-refractivity contribution in [3.63, 3.8) is 0 Å². The standard InChI is InChI=1S/C14H28N2O6.C6H16N2O2.C6H10O6/c1-13(17)11-21-9-10-22-12-14(18)16-4-6-20-8-7-19-5-3-15-2;7-1-3-9-5-6-10-4-2-8;7-5(8)3-11-1-2-12-4-6(9)10/h15H,3-12H2,1-2H3,(H,16,18);1-8H2;1-4H2,(H,7,8)(H,9,10)/p+1. The number of hydrogen-bond acceptors (Lipinski definition) is 15. The van der Waals surface area contributed by atoms with Crippen molar-refractivity contribution >= 4 is 23.6 Å². The van der Waals surface area contributed by atoms with Crippen molar-refractivity contribution in [3.8, 4) is 0 Å². The molecule has 0 aliphatic carbocycles. The summed E-state index contributed by atoms with van der Waals surface area (Å²) < 4.78 is 39.9. The maximum absolute atomic E-state index is 11.4. The summed E-state index contributed by atoms with van der Waals surface area (Å²) in [7, 11) is 1.87. The zero-order valence-corrected chi connectivity index (χ0v) is 26.1. The molecule has 0 heterocycles. The van der Waals surface area contributed by atoms with E-state index in [1.165, 1.54) is 6.92 Å². The monoisotopic (exact) mass is 647 g/mol. The van der Waals surface area contributed by atoms with Gasteiger partial charge in [-0.05, 0) is 14.0 Å². The van der Waals surface area contributed by atoms with Crippen LogP contribution in [0.1, 0.15) is 6.92 Å². The minimum Gasteiger partial charge on any atom is -0.563 e. The highest BCUT2D eigenvalue weighted by Crippen LogP contribution is 1.82. The smallest absolute Gasteiger partial charge is 0.542 e. The summed E-state index contributed by atoms with van der Waals surface area (Å²) in [5, 5.41) is 20.2. The van der Waals surface area contributed by atoms with Crippen molar-refractivity contribution < 1.29 is 67.3 Å². The van der Waals surface area contributed by atoms with Crippen LogP contribution >= 0.6 is 0 Å². The SMILES string of the molecule is CNCCOCCOCCNC(=O)COCCOCC(C)=O.NCCOCCOCCN.O=C(O)COCCOCC(=O)[OH2+]. The lowest BCUT2D eigenvalue weighted by Crippen LogP contribution is -2.31. The van der Waals surface area contributed by atoms with Crippen LogP contribution in [0.4, 0.5) is 0 Å². The molecule has 0 aromatic heterocycles. The first-order valence-electron chi connectivity index (χ1n) is 14.1. The molecule has 0 aromatic carbocycles. The summed E-state index contributed by atoms with van der Waals surface area (Å²) in [6.07, 6.45) is 0. The van der Waals surface area contributed by atoms with E-state index in [0.29, 0.717) is 79.1 Å². The number of carbonyl (C=O) groups is 4. The Morgan fingerprint density at radius 2 is 1.00 bits per heavy atom. The average molecular weight is 648 g/mol. The highest BCUT2D eigenvalue weighted by Gasteiger charge is 2.04. The van der Waals surface area contributed by atoms with Crippen LogP contribution in [0, 0.1) is 0 Å². The number of ether oxygens (including phenoxy) is 8. The second-order valence-electron chi connectivity index (χ2n) is 8.21. The minimum absolute atomic E-state index is 0.0312. The highest BCUT2D eigenvalue weighted by molar-refractivity contribution is 5.77. The van der Waals surface area contributed by atoms with Gasteiger partial charge in [0.1, 0.15) is 19.8 Å². The predicted octanol–water partition coefficient (Wildman–Crippen LogP) is -3.73. The van der Waals surface area contributed by atoms with Crippen LogP contribution in [0.15, 0.2) is 0 Å². The Balaban J connectivity index is -0.000000641. The van der Waals surface area contributed by atoms with Gasteiger partial charge in [-0.15, -0.1) is 0 Å². The molecule has 0 aromatic rings. The fraction of sp³-hybridized carbons (Fsp3) is 0.846. The number of carboxylic acid groups (broad SMARTS) is 1. The third-order valence-electron chi connectivity index (χ3n) is 4.07. The Bertz CT molecular complexity index is 636. The van der Waals surface area contributed by atoms with Crippen molar-refractivity contribution in [1.82, 2.24) is 10.6 Å². The van der Waals surface area contributed by atoms with Gasteiger partial charge in [-0.1, -0.05) is 0 Å². The second kappa shape index (κ2) is 40.6. The van der Waals surface area contributed by atoms with Crippen molar-refractivity contribution in [3.05, 3.63) is 0 Å². The number of aliphatic carboxylic acids is 1. The van der Waals surface area contributed by atoms with Crippen LogP contribution in [-0.2, 0) is 57.1 Å². The molecule has 9 N–H and O–H groups in total. The summed E-state index contributed by atoms with van der Waals surface area (Å²) in [5.41, 5.74) is 10.4. The van der Waals surface area contributed by atoms with E-state index in [1.54, 1.807) is 0 Å². The Morgan fingerprint density at radius 1 is 0.591 bits per heavy atom. The first-order chi connectivity index (χ1) is 21.2. The van der Waals surface area contributed by atoms with E-state index in [2.05, 4.69) is 20.1 Å². The fourth-order valence-electron chi connectivity index (χ4n) is 2.24. The number of rotatable bonds is 30. The van der Waals surface area contributed by atoms with Gasteiger partial charge in [0, 0.05) is 31.0 Å². The molecule has 18 nitrogen and oxygen atoms in total. The van der Waals surface area contributed by atoms with Gasteiger partial charge < -0.3 is 70.2 Å². The van der Waals surface area contributed by atoms with Gasteiger partial charge in [-0.2, -0.15) is 0 Å². The number of nitrogens with two attached hydrogens (primary N) is 2. The molecule has 0 aliphatic heterocycles. The number of ketones is 1. The van der Waals surface area contributed by atoms with E-state index in [9.17, 15) is 19.2 Å². The first-order valence-corrected chi connectivity index (χ1v) is 14.1. The van der Waals surface area contributed by atoms with Crippen molar-refractivity contribution in [2.45, 2.75) is 6.92 Å². The molecule has 1 amide bonds. The van der Waals surface area contributed by atoms with Gasteiger partial charge in [-0.25, -0.2) is 4.79 Å². The average Bonchev–Trinajstić information content (AvgIpc) is 2.98. The number of hydrogen-bond donors (Lipinski definition) is 5. The molecule has 0 saturated carbocycles. The van der Waals surface area contributed by atoms with Crippen LogP contribution in [0.3, 0.4) is 0 Å². The van der Waals surface area contributed by atoms with Crippen LogP contribution in [0.25, 0.3) is 0 Å². The fourth-order valence-corrected chi connectivity index (χ4v) is 2.24. The zero-order valence-electron chi connectivity index (χ0n) is 26.1. The molecule has 0 bridgehead atoms. The Labute approximate surface area is 259 Å². The maximum atomic E-state index is 11.4. The van der Waals surface area contributed by atoms with Crippen molar-refractivity contribution in [1.29, 1.82) is 0 Å². The molecule has 0 unspecified atom stereocenters. The molecule has 18 heteroatoms. The third kappa shape index (κ3) is 52.3.